The molecule has 0 aliphatic carbocycles. The molecule has 8 heteroatoms. The number of hydrogen-bond donors (Lipinski definition) is 1. The number of carbonyl (C=O) groups is 2. The number of rotatable bonds is 12. The van der Waals surface area contributed by atoms with Crippen LogP contribution < -0.4 is 14.2 Å². The summed E-state index contributed by atoms with van der Waals surface area (Å²) in [5.41, 5.74) is 1.08. The van der Waals surface area contributed by atoms with Gasteiger partial charge in [-0.2, -0.15) is 0 Å². The van der Waals surface area contributed by atoms with Crippen LogP contribution in [0.1, 0.15) is 31.0 Å². The van der Waals surface area contributed by atoms with Gasteiger partial charge in [0.1, 0.15) is 18.1 Å². The summed E-state index contributed by atoms with van der Waals surface area (Å²) >= 11 is 0. The van der Waals surface area contributed by atoms with Gasteiger partial charge in [0.15, 0.2) is 11.5 Å². The molecule has 2 aromatic carbocycles. The molecule has 1 fully saturated rings. The predicted molar refractivity (Wildman–Crippen MR) is 138 cm³/mol. The van der Waals surface area contributed by atoms with Gasteiger partial charge in [0, 0.05) is 18.7 Å². The van der Waals surface area contributed by atoms with E-state index in [0.29, 0.717) is 48.1 Å². The molecule has 192 valence electrons. The molecule has 2 aromatic rings. The Hall–Kier alpha value is -3.78. The number of amides is 1. The number of aliphatic hydroxyl groups is 1. The molecular weight excluding hydrogens is 460 g/mol. The first kappa shape index (κ1) is 26.8. The second-order valence-corrected chi connectivity index (χ2v) is 8.26. The number of hydrogen-bond acceptors (Lipinski definition) is 7. The topological polar surface area (TPSA) is 88.5 Å². The van der Waals surface area contributed by atoms with Crippen LogP contribution in [-0.2, 0) is 9.59 Å². The van der Waals surface area contributed by atoms with Gasteiger partial charge in [-0.05, 0) is 55.1 Å². The number of aliphatic hydroxyl groups excluding tert-OH is 1. The third-order valence-electron chi connectivity index (χ3n) is 6.32. The summed E-state index contributed by atoms with van der Waals surface area (Å²) in [6.07, 6.45) is 1.63. The van der Waals surface area contributed by atoms with Crippen molar-refractivity contribution in [2.45, 2.75) is 19.9 Å². The average Bonchev–Trinajstić information content (AvgIpc) is 3.17. The molecule has 0 bridgehead atoms. The Morgan fingerprint density at radius 2 is 1.75 bits per heavy atom. The predicted octanol–water partition coefficient (Wildman–Crippen LogP) is 4.03. The number of benzene rings is 2. The van der Waals surface area contributed by atoms with Crippen LogP contribution in [0, 0.1) is 0 Å². The monoisotopic (exact) mass is 494 g/mol. The Bertz CT molecular complexity index is 1120. The first-order chi connectivity index (χ1) is 17.4. The lowest BCUT2D eigenvalue weighted by molar-refractivity contribution is -0.140. The zero-order valence-corrected chi connectivity index (χ0v) is 21.3. The summed E-state index contributed by atoms with van der Waals surface area (Å²) in [6.45, 7) is 10.6. The van der Waals surface area contributed by atoms with E-state index in [4.69, 9.17) is 14.2 Å². The van der Waals surface area contributed by atoms with Gasteiger partial charge in [0.2, 0.25) is 0 Å². The van der Waals surface area contributed by atoms with E-state index >= 15 is 0 Å². The maximum Gasteiger partial charge on any atom is 0.295 e. The van der Waals surface area contributed by atoms with Crippen LogP contribution in [0.4, 0.5) is 0 Å². The number of ether oxygens (including phenoxy) is 3. The van der Waals surface area contributed by atoms with Crippen LogP contribution in [0.2, 0.25) is 0 Å². The highest BCUT2D eigenvalue weighted by atomic mass is 16.5. The van der Waals surface area contributed by atoms with Crippen molar-refractivity contribution in [3.8, 4) is 17.2 Å². The van der Waals surface area contributed by atoms with E-state index < -0.39 is 17.7 Å². The molecule has 1 unspecified atom stereocenters. The first-order valence-corrected chi connectivity index (χ1v) is 12.0. The van der Waals surface area contributed by atoms with E-state index in [2.05, 4.69) is 11.5 Å². The van der Waals surface area contributed by atoms with Crippen LogP contribution >= 0.6 is 0 Å². The molecular formula is C28H34N2O6. The number of likely N-dealkylation sites (tertiary alicyclic amines) is 1. The highest BCUT2D eigenvalue weighted by molar-refractivity contribution is 6.46. The number of methoxy groups -OCH3 is 2. The van der Waals surface area contributed by atoms with Crippen LogP contribution in [-0.4, -0.2) is 73.6 Å². The van der Waals surface area contributed by atoms with Crippen LogP contribution in [0.15, 0.2) is 60.7 Å². The third kappa shape index (κ3) is 5.54. The minimum Gasteiger partial charge on any atom is -0.507 e. The van der Waals surface area contributed by atoms with E-state index in [0.717, 1.165) is 13.1 Å². The number of nitrogens with zero attached hydrogens (tertiary/aromatic N) is 2. The molecule has 1 N–H and O–H groups in total. The summed E-state index contributed by atoms with van der Waals surface area (Å²) < 4.78 is 16.4. The van der Waals surface area contributed by atoms with Gasteiger partial charge in [0.05, 0.1) is 25.8 Å². The first-order valence-electron chi connectivity index (χ1n) is 12.0. The molecule has 36 heavy (non-hydrogen) atoms. The molecule has 0 aromatic heterocycles. The van der Waals surface area contributed by atoms with Crippen molar-refractivity contribution in [2.75, 3.05) is 47.0 Å². The van der Waals surface area contributed by atoms with Gasteiger partial charge in [-0.1, -0.05) is 32.6 Å². The summed E-state index contributed by atoms with van der Waals surface area (Å²) in [5, 5.41) is 11.3. The summed E-state index contributed by atoms with van der Waals surface area (Å²) in [7, 11) is 3.07. The molecule has 1 saturated heterocycles. The van der Waals surface area contributed by atoms with Crippen molar-refractivity contribution < 1.29 is 28.9 Å². The van der Waals surface area contributed by atoms with Gasteiger partial charge >= 0.3 is 0 Å². The maximum absolute atomic E-state index is 13.3. The molecule has 0 radical (unpaired) electrons. The molecule has 8 nitrogen and oxygen atoms in total. The fourth-order valence-electron chi connectivity index (χ4n) is 4.27. The Morgan fingerprint density at radius 3 is 2.33 bits per heavy atom. The molecule has 1 atom stereocenters. The van der Waals surface area contributed by atoms with Gasteiger partial charge in [0.25, 0.3) is 11.7 Å². The van der Waals surface area contributed by atoms with Crippen molar-refractivity contribution in [1.29, 1.82) is 0 Å². The average molecular weight is 495 g/mol. The van der Waals surface area contributed by atoms with Crippen molar-refractivity contribution in [3.63, 3.8) is 0 Å². The zero-order valence-electron chi connectivity index (χ0n) is 21.3. The van der Waals surface area contributed by atoms with Crippen molar-refractivity contribution in [2.24, 2.45) is 0 Å². The smallest absolute Gasteiger partial charge is 0.295 e. The van der Waals surface area contributed by atoms with E-state index in [-0.39, 0.29) is 11.3 Å². The van der Waals surface area contributed by atoms with Gasteiger partial charge in [-0.25, -0.2) is 0 Å². The third-order valence-corrected chi connectivity index (χ3v) is 6.32. The largest absolute Gasteiger partial charge is 0.507 e. The van der Waals surface area contributed by atoms with Gasteiger partial charge in [-0.15, -0.1) is 0 Å². The standard InChI is InChI=1S/C28H34N2O6/c1-6-17-36-22-14-11-20(18-23(22)35-5)25-24(26(31)19-9-12-21(34-4)13-10-19)27(32)28(33)30(25)16-15-29(7-2)8-3/h6,9-14,18,25,31H,1,7-8,15-17H2,2-5H3/b26-24+. The Balaban J connectivity index is 2.12. The molecule has 1 heterocycles. The number of ketones is 1. The summed E-state index contributed by atoms with van der Waals surface area (Å²) in [5.74, 6) is -0.0311. The SMILES string of the molecule is C=CCOc1ccc(C2/C(=C(\O)c3ccc(OC)cc3)C(=O)C(=O)N2CCN(CC)CC)cc1OC. The van der Waals surface area contributed by atoms with E-state index in [9.17, 15) is 14.7 Å². The highest BCUT2D eigenvalue weighted by Crippen LogP contribution is 2.42. The second kappa shape index (κ2) is 12.3. The number of likely N-dealkylation sites (N-methyl/N-ethyl adjacent to an activating group) is 1. The van der Waals surface area contributed by atoms with E-state index in [1.807, 2.05) is 13.8 Å². The van der Waals surface area contributed by atoms with Crippen molar-refractivity contribution in [3.05, 3.63) is 71.8 Å². The zero-order chi connectivity index (χ0) is 26.2. The lowest BCUT2D eigenvalue weighted by atomic mass is 9.95. The highest BCUT2D eigenvalue weighted by Gasteiger charge is 2.46. The minimum absolute atomic E-state index is 0.0338. The van der Waals surface area contributed by atoms with Crippen molar-refractivity contribution >= 4 is 17.4 Å². The number of carbonyl (C=O) groups excluding carboxylic acids is 2. The molecule has 1 aliphatic rings. The lowest BCUT2D eigenvalue weighted by Gasteiger charge is -2.28. The Morgan fingerprint density at radius 1 is 1.06 bits per heavy atom. The van der Waals surface area contributed by atoms with E-state index in [1.165, 1.54) is 12.0 Å². The summed E-state index contributed by atoms with van der Waals surface area (Å²) in [6, 6.07) is 11.2. The fourth-order valence-corrected chi connectivity index (χ4v) is 4.27. The number of Topliss-reactive ketones (excluding diaryl/α,β-unsaturated/α-hetero) is 1. The van der Waals surface area contributed by atoms with Crippen LogP contribution in [0.3, 0.4) is 0 Å². The minimum atomic E-state index is -0.787. The van der Waals surface area contributed by atoms with Crippen LogP contribution in [0.25, 0.3) is 5.76 Å². The van der Waals surface area contributed by atoms with Gasteiger partial charge < -0.3 is 29.1 Å². The van der Waals surface area contributed by atoms with Crippen LogP contribution in [0.5, 0.6) is 17.2 Å². The Kier molecular flexibility index (Phi) is 9.13. The normalized spacial score (nSPS) is 16.9. The quantitative estimate of drug-likeness (QED) is 0.206. The molecule has 0 saturated carbocycles. The van der Waals surface area contributed by atoms with E-state index in [1.54, 1.807) is 55.7 Å². The maximum atomic E-state index is 13.3. The van der Waals surface area contributed by atoms with Crippen molar-refractivity contribution in [1.82, 2.24) is 9.80 Å². The lowest BCUT2D eigenvalue weighted by Crippen LogP contribution is -2.38. The van der Waals surface area contributed by atoms with Gasteiger partial charge in [-0.3, -0.25) is 9.59 Å². The summed E-state index contributed by atoms with van der Waals surface area (Å²) in [4.78, 5) is 30.2. The fraction of sp³-hybridized carbons (Fsp3) is 0.357. The molecule has 1 amide bonds. The Labute approximate surface area is 212 Å². The molecule has 3 rings (SSSR count). The molecule has 0 spiro atoms. The molecule has 1 aliphatic heterocycles. The second-order valence-electron chi connectivity index (χ2n) is 8.26.